The summed E-state index contributed by atoms with van der Waals surface area (Å²) >= 11 is 1.60. The number of piperazine rings is 1. The molecule has 8 heteroatoms. The molecule has 1 saturated heterocycles. The van der Waals surface area contributed by atoms with Crippen molar-refractivity contribution in [1.29, 1.82) is 0 Å². The molecule has 0 unspecified atom stereocenters. The monoisotopic (exact) mass is 473 g/mol. The number of carbonyl (C=O) groups is 1. The van der Waals surface area contributed by atoms with E-state index >= 15 is 0 Å². The molecule has 1 amide bonds. The number of aryl methyl sites for hydroxylation is 2. The van der Waals surface area contributed by atoms with Gasteiger partial charge in [-0.1, -0.05) is 47.1 Å². The summed E-state index contributed by atoms with van der Waals surface area (Å²) in [5.74, 6) is 1.36. The third-order valence-corrected chi connectivity index (χ3v) is 7.01. The quantitative estimate of drug-likeness (QED) is 0.369. The molecular weight excluding hydrogens is 446 g/mol. The van der Waals surface area contributed by atoms with Crippen molar-refractivity contribution >= 4 is 33.5 Å². The third kappa shape index (κ3) is 5.40. The zero-order chi connectivity index (χ0) is 23.3. The van der Waals surface area contributed by atoms with Crippen LogP contribution in [0.25, 0.3) is 27.7 Å². The van der Waals surface area contributed by atoms with Crippen LogP contribution in [0.2, 0.25) is 0 Å². The van der Waals surface area contributed by atoms with Gasteiger partial charge in [-0.3, -0.25) is 9.69 Å². The van der Waals surface area contributed by atoms with Gasteiger partial charge in [0.25, 0.3) is 0 Å². The van der Waals surface area contributed by atoms with E-state index in [2.05, 4.69) is 26.9 Å². The maximum Gasteiger partial charge on any atom is 0.246 e. The first kappa shape index (κ1) is 22.4. The Balaban J connectivity index is 1.05. The number of hydrogen-bond donors (Lipinski definition) is 0. The van der Waals surface area contributed by atoms with Crippen LogP contribution >= 0.6 is 11.3 Å². The second-order valence-corrected chi connectivity index (χ2v) is 9.56. The van der Waals surface area contributed by atoms with Gasteiger partial charge >= 0.3 is 0 Å². The lowest BCUT2D eigenvalue weighted by Crippen LogP contribution is -2.48. The molecule has 1 fully saturated rings. The normalized spacial score (nSPS) is 14.9. The number of hydrogen-bond acceptors (Lipinski definition) is 7. The molecule has 0 bridgehead atoms. The lowest BCUT2D eigenvalue weighted by molar-refractivity contribution is -0.127. The highest BCUT2D eigenvalue weighted by molar-refractivity contribution is 7.19. The zero-order valence-corrected chi connectivity index (χ0v) is 20.0. The van der Waals surface area contributed by atoms with E-state index in [-0.39, 0.29) is 5.91 Å². The van der Waals surface area contributed by atoms with E-state index in [0.717, 1.165) is 66.4 Å². The maximum absolute atomic E-state index is 12.6. The van der Waals surface area contributed by atoms with Crippen LogP contribution < -0.4 is 0 Å². The molecule has 0 atom stereocenters. The zero-order valence-electron chi connectivity index (χ0n) is 19.2. The first-order chi connectivity index (χ1) is 16.6. The molecule has 2 aromatic heterocycles. The summed E-state index contributed by atoms with van der Waals surface area (Å²) in [6.45, 7) is 6.23. The molecule has 3 heterocycles. The Morgan fingerprint density at radius 2 is 1.85 bits per heavy atom. The van der Waals surface area contributed by atoms with E-state index < -0.39 is 0 Å². The van der Waals surface area contributed by atoms with E-state index in [1.54, 1.807) is 17.4 Å². The van der Waals surface area contributed by atoms with Gasteiger partial charge in [0.15, 0.2) is 0 Å². The van der Waals surface area contributed by atoms with Crippen LogP contribution in [0.4, 0.5) is 0 Å². The van der Waals surface area contributed by atoms with Gasteiger partial charge in [0.1, 0.15) is 5.01 Å². The predicted octanol–water partition coefficient (Wildman–Crippen LogP) is 4.44. The van der Waals surface area contributed by atoms with Crippen molar-refractivity contribution in [3.05, 3.63) is 71.1 Å². The van der Waals surface area contributed by atoms with E-state index in [4.69, 9.17) is 4.52 Å². The minimum absolute atomic E-state index is 0.0494. The average Bonchev–Trinajstić information content (AvgIpc) is 3.50. The Labute approximate surface area is 202 Å². The molecule has 0 N–H and O–H groups in total. The average molecular weight is 474 g/mol. The predicted molar refractivity (Wildman–Crippen MR) is 134 cm³/mol. The van der Waals surface area contributed by atoms with Crippen LogP contribution in [0.1, 0.15) is 22.9 Å². The molecule has 4 aromatic rings. The molecule has 7 nitrogen and oxygen atoms in total. The molecule has 0 aliphatic carbocycles. The number of aromatic nitrogens is 3. The summed E-state index contributed by atoms with van der Waals surface area (Å²) in [7, 11) is 0. The standard InChI is InChI=1S/C26H27N5O2S/c1-19-8-10-20(11-9-19)26-28-23(33-29-26)7-4-14-30-15-17-31(18-16-30)25(32)13-12-24-27-21-5-2-3-6-22(21)34-24/h2-3,5-6,8-13H,4,7,14-18H2,1H3/b13-12+. The topological polar surface area (TPSA) is 75.4 Å². The molecule has 0 spiro atoms. The van der Waals surface area contributed by atoms with E-state index in [1.165, 1.54) is 5.56 Å². The Bertz CT molecular complexity index is 1250. The largest absolute Gasteiger partial charge is 0.339 e. The van der Waals surface area contributed by atoms with Crippen LogP contribution in [0.3, 0.4) is 0 Å². The van der Waals surface area contributed by atoms with Gasteiger partial charge in [0, 0.05) is 44.2 Å². The Kier molecular flexibility index (Phi) is 6.78. The summed E-state index contributed by atoms with van der Waals surface area (Å²) < 4.78 is 6.56. The minimum Gasteiger partial charge on any atom is -0.339 e. The summed E-state index contributed by atoms with van der Waals surface area (Å²) in [6.07, 6.45) is 5.17. The Hall–Kier alpha value is -3.36. The number of carbonyl (C=O) groups excluding carboxylic acids is 1. The molecule has 1 aliphatic rings. The minimum atomic E-state index is 0.0494. The van der Waals surface area contributed by atoms with Gasteiger partial charge in [-0.15, -0.1) is 11.3 Å². The number of rotatable bonds is 7. The highest BCUT2D eigenvalue weighted by Gasteiger charge is 2.19. The van der Waals surface area contributed by atoms with Gasteiger partial charge in [0.2, 0.25) is 17.6 Å². The van der Waals surface area contributed by atoms with Gasteiger partial charge in [-0.25, -0.2) is 4.98 Å². The van der Waals surface area contributed by atoms with E-state index in [0.29, 0.717) is 11.7 Å². The fraction of sp³-hybridized carbons (Fsp3) is 0.308. The fourth-order valence-electron chi connectivity index (χ4n) is 4.03. The lowest BCUT2D eigenvalue weighted by Gasteiger charge is -2.34. The van der Waals surface area contributed by atoms with Gasteiger partial charge in [-0.2, -0.15) is 4.98 Å². The van der Waals surface area contributed by atoms with Crippen LogP contribution in [-0.2, 0) is 11.2 Å². The highest BCUT2D eigenvalue weighted by Crippen LogP contribution is 2.22. The number of amides is 1. The van der Waals surface area contributed by atoms with Crippen molar-refractivity contribution < 1.29 is 9.32 Å². The Morgan fingerprint density at radius 3 is 2.65 bits per heavy atom. The van der Waals surface area contributed by atoms with Crippen LogP contribution in [-0.4, -0.2) is 63.6 Å². The smallest absolute Gasteiger partial charge is 0.246 e. The van der Waals surface area contributed by atoms with Crippen molar-refractivity contribution in [2.45, 2.75) is 19.8 Å². The molecular formula is C26H27N5O2S. The number of thiazole rings is 1. The molecule has 1 aliphatic heterocycles. The van der Waals surface area contributed by atoms with Gasteiger partial charge in [0.05, 0.1) is 10.2 Å². The van der Waals surface area contributed by atoms with Crippen molar-refractivity contribution in [2.75, 3.05) is 32.7 Å². The SMILES string of the molecule is Cc1ccc(-c2noc(CCCN3CCN(C(=O)/C=C/c4nc5ccccc5s4)CC3)n2)cc1. The number of fused-ring (bicyclic) bond motifs is 1. The highest BCUT2D eigenvalue weighted by atomic mass is 32.1. The molecule has 34 heavy (non-hydrogen) atoms. The molecule has 5 rings (SSSR count). The molecule has 0 saturated carbocycles. The second kappa shape index (κ2) is 10.3. The van der Waals surface area contributed by atoms with Gasteiger partial charge in [-0.05, 0) is 38.1 Å². The van der Waals surface area contributed by atoms with E-state index in [1.807, 2.05) is 59.5 Å². The van der Waals surface area contributed by atoms with Crippen molar-refractivity contribution in [1.82, 2.24) is 24.9 Å². The van der Waals surface area contributed by atoms with Crippen molar-refractivity contribution in [3.63, 3.8) is 0 Å². The molecule has 2 aromatic carbocycles. The first-order valence-corrected chi connectivity index (χ1v) is 12.4. The van der Waals surface area contributed by atoms with Crippen LogP contribution in [0.15, 0.2) is 59.1 Å². The maximum atomic E-state index is 12.6. The van der Waals surface area contributed by atoms with Crippen LogP contribution in [0, 0.1) is 6.92 Å². The lowest BCUT2D eigenvalue weighted by atomic mass is 10.1. The fourth-order valence-corrected chi connectivity index (χ4v) is 4.90. The number of para-hydroxylation sites is 1. The van der Waals surface area contributed by atoms with Crippen molar-refractivity contribution in [2.24, 2.45) is 0 Å². The second-order valence-electron chi connectivity index (χ2n) is 8.50. The Morgan fingerprint density at radius 1 is 1.06 bits per heavy atom. The van der Waals surface area contributed by atoms with Crippen LogP contribution in [0.5, 0.6) is 0 Å². The van der Waals surface area contributed by atoms with E-state index in [9.17, 15) is 4.79 Å². The number of benzene rings is 2. The third-order valence-electron chi connectivity index (χ3n) is 6.01. The summed E-state index contributed by atoms with van der Waals surface area (Å²) in [5, 5.41) is 4.97. The first-order valence-electron chi connectivity index (χ1n) is 11.6. The van der Waals surface area contributed by atoms with Gasteiger partial charge < -0.3 is 9.42 Å². The van der Waals surface area contributed by atoms with Crippen molar-refractivity contribution in [3.8, 4) is 11.4 Å². The summed E-state index contributed by atoms with van der Waals surface area (Å²) in [6, 6.07) is 16.1. The summed E-state index contributed by atoms with van der Waals surface area (Å²) in [4.78, 5) is 26.0. The molecule has 174 valence electrons. The number of nitrogens with zero attached hydrogens (tertiary/aromatic N) is 5. The molecule has 0 radical (unpaired) electrons. The summed E-state index contributed by atoms with van der Waals surface area (Å²) in [5.41, 5.74) is 3.15.